The molecule has 1 aromatic heterocycles. The Balaban J connectivity index is 2.03. The molecule has 1 saturated heterocycles. The fourth-order valence-electron chi connectivity index (χ4n) is 2.74. The van der Waals surface area contributed by atoms with E-state index in [-0.39, 0.29) is 18.6 Å². The van der Waals surface area contributed by atoms with Gasteiger partial charge in [-0.05, 0) is 38.8 Å². The third-order valence-electron chi connectivity index (χ3n) is 3.79. The van der Waals surface area contributed by atoms with Gasteiger partial charge in [0.05, 0.1) is 12.6 Å². The van der Waals surface area contributed by atoms with Gasteiger partial charge in [0.1, 0.15) is 6.54 Å². The molecule has 0 saturated carbocycles. The van der Waals surface area contributed by atoms with E-state index in [0.29, 0.717) is 6.61 Å². The number of aryl methyl sites for hydroxylation is 1. The molecule has 0 radical (unpaired) electrons. The van der Waals surface area contributed by atoms with Gasteiger partial charge in [-0.25, -0.2) is 4.79 Å². The van der Waals surface area contributed by atoms with Gasteiger partial charge in [-0.15, -0.1) is 11.3 Å². The van der Waals surface area contributed by atoms with Gasteiger partial charge in [0, 0.05) is 16.3 Å². The van der Waals surface area contributed by atoms with E-state index in [1.807, 2.05) is 4.90 Å². The maximum atomic E-state index is 12.5. The van der Waals surface area contributed by atoms with Crippen LogP contribution in [0.4, 0.5) is 4.79 Å². The summed E-state index contributed by atoms with van der Waals surface area (Å²) >= 11 is 1.74. The van der Waals surface area contributed by atoms with Gasteiger partial charge in [-0.3, -0.25) is 4.79 Å². The number of ether oxygens (including phenoxy) is 1. The van der Waals surface area contributed by atoms with Gasteiger partial charge in [-0.1, -0.05) is 12.8 Å². The highest BCUT2D eigenvalue weighted by Crippen LogP contribution is 2.34. The molecular weight excluding hydrogens is 300 g/mol. The highest BCUT2D eigenvalue weighted by Gasteiger charge is 2.27. The first-order valence-electron chi connectivity index (χ1n) is 7.88. The molecule has 0 unspecified atom stereocenters. The normalized spacial score (nSPS) is 18.6. The molecule has 1 aromatic rings. The van der Waals surface area contributed by atoms with Crippen LogP contribution in [0.1, 0.15) is 48.4 Å². The van der Waals surface area contributed by atoms with Gasteiger partial charge in [-0.2, -0.15) is 0 Å². The number of esters is 1. The lowest BCUT2D eigenvalue weighted by atomic mass is 10.1. The molecule has 6 heteroatoms. The topological polar surface area (TPSA) is 58.6 Å². The smallest absolute Gasteiger partial charge is 0.325 e. The van der Waals surface area contributed by atoms with Crippen LogP contribution in [0.25, 0.3) is 0 Å². The van der Waals surface area contributed by atoms with E-state index in [2.05, 4.69) is 24.4 Å². The number of rotatable bonds is 4. The molecule has 2 rings (SSSR count). The van der Waals surface area contributed by atoms with Crippen LogP contribution in [0, 0.1) is 6.92 Å². The molecule has 0 spiro atoms. The van der Waals surface area contributed by atoms with Gasteiger partial charge in [0.2, 0.25) is 0 Å². The Labute approximate surface area is 135 Å². The van der Waals surface area contributed by atoms with Crippen LogP contribution in [0.15, 0.2) is 12.1 Å². The highest BCUT2D eigenvalue weighted by atomic mass is 32.1. The Morgan fingerprint density at radius 3 is 2.86 bits per heavy atom. The van der Waals surface area contributed by atoms with Crippen LogP contribution < -0.4 is 5.32 Å². The highest BCUT2D eigenvalue weighted by molar-refractivity contribution is 7.12. The zero-order valence-corrected chi connectivity index (χ0v) is 14.1. The summed E-state index contributed by atoms with van der Waals surface area (Å²) in [6.07, 6.45) is 4.26. The Kier molecular flexibility index (Phi) is 6.24. The number of amides is 2. The number of thiophene rings is 1. The number of urea groups is 1. The van der Waals surface area contributed by atoms with Crippen LogP contribution in [0.3, 0.4) is 0 Å². The van der Waals surface area contributed by atoms with Gasteiger partial charge < -0.3 is 15.0 Å². The molecule has 5 nitrogen and oxygen atoms in total. The first kappa shape index (κ1) is 16.8. The third kappa shape index (κ3) is 4.47. The van der Waals surface area contributed by atoms with E-state index < -0.39 is 5.97 Å². The number of likely N-dealkylation sites (tertiary alicyclic amines) is 1. The molecule has 1 aliphatic rings. The van der Waals surface area contributed by atoms with Crippen LogP contribution in [0.2, 0.25) is 0 Å². The molecule has 1 fully saturated rings. The first-order chi connectivity index (χ1) is 10.6. The summed E-state index contributed by atoms with van der Waals surface area (Å²) in [7, 11) is 0. The summed E-state index contributed by atoms with van der Waals surface area (Å²) in [4.78, 5) is 28.2. The fraction of sp³-hybridized carbons (Fsp3) is 0.625. The molecule has 0 bridgehead atoms. The number of nitrogens with one attached hydrogen (secondary N) is 1. The Morgan fingerprint density at radius 1 is 1.36 bits per heavy atom. The van der Waals surface area contributed by atoms with E-state index in [0.717, 1.165) is 32.2 Å². The van der Waals surface area contributed by atoms with Crippen molar-refractivity contribution < 1.29 is 14.3 Å². The first-order valence-corrected chi connectivity index (χ1v) is 8.70. The van der Waals surface area contributed by atoms with E-state index in [4.69, 9.17) is 4.74 Å². The van der Waals surface area contributed by atoms with Crippen molar-refractivity contribution in [3.8, 4) is 0 Å². The van der Waals surface area contributed by atoms with Crippen molar-refractivity contribution in [2.75, 3.05) is 19.7 Å². The van der Waals surface area contributed by atoms with Crippen LogP contribution >= 0.6 is 11.3 Å². The fourth-order valence-corrected chi connectivity index (χ4v) is 3.77. The summed E-state index contributed by atoms with van der Waals surface area (Å²) in [5.41, 5.74) is 0. The summed E-state index contributed by atoms with van der Waals surface area (Å²) in [5.74, 6) is -0.394. The molecule has 2 heterocycles. The van der Waals surface area contributed by atoms with Crippen molar-refractivity contribution in [3.05, 3.63) is 21.9 Å². The van der Waals surface area contributed by atoms with E-state index in [9.17, 15) is 9.59 Å². The lowest BCUT2D eigenvalue weighted by Crippen LogP contribution is -2.44. The molecule has 0 aliphatic carbocycles. The lowest BCUT2D eigenvalue weighted by molar-refractivity contribution is -0.141. The number of carbonyl (C=O) groups is 2. The SMILES string of the molecule is CCOC(=O)CNC(=O)N1CCCCC[C@H]1c1ccc(C)s1. The summed E-state index contributed by atoms with van der Waals surface area (Å²) in [5, 5.41) is 2.69. The molecule has 1 aliphatic heterocycles. The standard InChI is InChI=1S/C16H24N2O3S/c1-3-21-15(19)11-17-16(20)18-10-6-4-5-7-13(18)14-9-8-12(2)22-14/h8-9,13H,3-7,10-11H2,1-2H3,(H,17,20)/t13-/m0/s1. The molecular formula is C16H24N2O3S. The van der Waals surface area contributed by atoms with Crippen molar-refractivity contribution in [2.45, 2.75) is 45.6 Å². The van der Waals surface area contributed by atoms with Crippen molar-refractivity contribution in [3.63, 3.8) is 0 Å². The average Bonchev–Trinajstić information content (AvgIpc) is 2.78. The summed E-state index contributed by atoms with van der Waals surface area (Å²) in [6, 6.07) is 4.15. The predicted molar refractivity (Wildman–Crippen MR) is 87.0 cm³/mol. The summed E-state index contributed by atoms with van der Waals surface area (Å²) < 4.78 is 4.85. The van der Waals surface area contributed by atoms with Crippen molar-refractivity contribution >= 4 is 23.3 Å². The molecule has 1 N–H and O–H groups in total. The number of hydrogen-bond acceptors (Lipinski definition) is 4. The Hall–Kier alpha value is -1.56. The van der Waals surface area contributed by atoms with E-state index >= 15 is 0 Å². The largest absolute Gasteiger partial charge is 0.465 e. The molecule has 1 atom stereocenters. The van der Waals surface area contributed by atoms with Gasteiger partial charge in [0.15, 0.2) is 0 Å². The van der Waals surface area contributed by atoms with Crippen LogP contribution in [-0.4, -0.2) is 36.6 Å². The van der Waals surface area contributed by atoms with Crippen molar-refractivity contribution in [1.29, 1.82) is 0 Å². The minimum atomic E-state index is -0.394. The number of hydrogen-bond donors (Lipinski definition) is 1. The number of nitrogens with zero attached hydrogens (tertiary/aromatic N) is 1. The Bertz CT molecular complexity index is 515. The maximum absolute atomic E-state index is 12.5. The monoisotopic (exact) mass is 324 g/mol. The third-order valence-corrected chi connectivity index (χ3v) is 4.89. The second-order valence-electron chi connectivity index (χ2n) is 5.47. The molecule has 0 aromatic carbocycles. The zero-order valence-electron chi connectivity index (χ0n) is 13.3. The Morgan fingerprint density at radius 2 is 2.18 bits per heavy atom. The van der Waals surface area contributed by atoms with E-state index in [1.54, 1.807) is 18.3 Å². The molecule has 2 amide bonds. The molecule has 122 valence electrons. The summed E-state index contributed by atoms with van der Waals surface area (Å²) in [6.45, 7) is 4.82. The lowest BCUT2D eigenvalue weighted by Gasteiger charge is -2.29. The van der Waals surface area contributed by atoms with Crippen molar-refractivity contribution in [2.24, 2.45) is 0 Å². The molecule has 22 heavy (non-hydrogen) atoms. The number of carbonyl (C=O) groups excluding carboxylic acids is 2. The quantitative estimate of drug-likeness (QED) is 0.865. The second-order valence-corrected chi connectivity index (χ2v) is 6.79. The van der Waals surface area contributed by atoms with Gasteiger partial charge in [0.25, 0.3) is 0 Å². The minimum absolute atomic E-state index is 0.0701. The van der Waals surface area contributed by atoms with Crippen molar-refractivity contribution in [1.82, 2.24) is 10.2 Å². The maximum Gasteiger partial charge on any atom is 0.325 e. The van der Waals surface area contributed by atoms with Crippen LogP contribution in [-0.2, 0) is 9.53 Å². The van der Waals surface area contributed by atoms with Gasteiger partial charge >= 0.3 is 12.0 Å². The van der Waals surface area contributed by atoms with Crippen LogP contribution in [0.5, 0.6) is 0 Å². The minimum Gasteiger partial charge on any atom is -0.465 e. The average molecular weight is 324 g/mol. The zero-order chi connectivity index (χ0) is 15.9. The second kappa shape index (κ2) is 8.17. The predicted octanol–water partition coefficient (Wildman–Crippen LogP) is 3.25. The van der Waals surface area contributed by atoms with E-state index in [1.165, 1.54) is 9.75 Å².